The monoisotopic (exact) mass is 364 g/mol. The lowest BCUT2D eigenvalue weighted by Crippen LogP contribution is -2.47. The summed E-state index contributed by atoms with van der Waals surface area (Å²) in [6.07, 6.45) is 1.91. The highest BCUT2D eigenvalue weighted by atomic mass is 16.6. The number of hydrogen-bond donors (Lipinski definition) is 1. The molecule has 2 aliphatic rings. The smallest absolute Gasteiger partial charge is 0.407 e. The molecule has 144 valence electrons. The molecular weight excluding hydrogens is 336 g/mol. The van der Waals surface area contributed by atoms with Crippen LogP contribution in [-0.2, 0) is 11.3 Å². The van der Waals surface area contributed by atoms with Crippen LogP contribution >= 0.6 is 0 Å². The van der Waals surface area contributed by atoms with Crippen LogP contribution in [0.5, 0.6) is 5.88 Å². The van der Waals surface area contributed by atoms with Gasteiger partial charge in [0.2, 0.25) is 5.88 Å². The van der Waals surface area contributed by atoms with Gasteiger partial charge in [-0.3, -0.25) is 4.79 Å². The summed E-state index contributed by atoms with van der Waals surface area (Å²) >= 11 is 0. The normalized spacial score (nSPS) is 18.1. The zero-order valence-electron chi connectivity index (χ0n) is 16.0. The maximum Gasteiger partial charge on any atom is 0.407 e. The van der Waals surface area contributed by atoms with Gasteiger partial charge < -0.3 is 19.7 Å². The Hall–Kier alpha value is -2.25. The number of likely N-dealkylation sites (tertiary alicyclic amines) is 1. The Morgan fingerprint density at radius 1 is 1.23 bits per heavy atom. The van der Waals surface area contributed by atoms with Crippen LogP contribution in [0.1, 0.15) is 56.1 Å². The third-order valence-corrected chi connectivity index (χ3v) is 4.59. The number of carbonyl (C=O) groups is 2. The highest BCUT2D eigenvalue weighted by molar-refractivity contribution is 5.94. The fraction of sp³-hybridized carbons (Fsp3) is 0.722. The predicted molar refractivity (Wildman–Crippen MR) is 95.4 cm³/mol. The average molecular weight is 364 g/mol. The summed E-state index contributed by atoms with van der Waals surface area (Å²) in [6.45, 7) is 10.0. The molecule has 8 nitrogen and oxygen atoms in total. The molecule has 0 unspecified atom stereocenters. The van der Waals surface area contributed by atoms with E-state index in [-0.39, 0.29) is 11.9 Å². The topological polar surface area (TPSA) is 85.7 Å². The zero-order chi connectivity index (χ0) is 18.9. The number of hydrogen-bond acceptors (Lipinski definition) is 5. The molecule has 1 N–H and O–H groups in total. The molecule has 1 aromatic rings. The fourth-order valence-electron chi connectivity index (χ4n) is 3.31. The molecule has 3 heterocycles. The number of aromatic nitrogens is 2. The van der Waals surface area contributed by atoms with E-state index in [1.807, 2.05) is 27.7 Å². The molecule has 3 rings (SSSR count). The summed E-state index contributed by atoms with van der Waals surface area (Å²) in [6, 6.07) is 0.0218. The Bertz CT molecular complexity index is 684. The first kappa shape index (κ1) is 18.5. The van der Waals surface area contributed by atoms with E-state index in [4.69, 9.17) is 9.47 Å². The van der Waals surface area contributed by atoms with Gasteiger partial charge >= 0.3 is 6.09 Å². The number of fused-ring (bicyclic) bond motifs is 1. The Labute approximate surface area is 153 Å². The van der Waals surface area contributed by atoms with E-state index in [9.17, 15) is 9.59 Å². The average Bonchev–Trinajstić information content (AvgIpc) is 2.90. The van der Waals surface area contributed by atoms with Crippen molar-refractivity contribution in [2.24, 2.45) is 0 Å². The first-order chi connectivity index (χ1) is 12.2. The second kappa shape index (κ2) is 7.17. The van der Waals surface area contributed by atoms with Crippen LogP contribution in [0.4, 0.5) is 4.79 Å². The molecule has 0 spiro atoms. The van der Waals surface area contributed by atoms with Gasteiger partial charge in [-0.05, 0) is 40.5 Å². The van der Waals surface area contributed by atoms with Crippen LogP contribution in [0.3, 0.4) is 0 Å². The summed E-state index contributed by atoms with van der Waals surface area (Å²) < 4.78 is 12.7. The highest BCUT2D eigenvalue weighted by Gasteiger charge is 2.30. The van der Waals surface area contributed by atoms with Crippen molar-refractivity contribution in [2.45, 2.75) is 65.1 Å². The number of amides is 2. The Morgan fingerprint density at radius 2 is 1.92 bits per heavy atom. The molecular formula is C18H28N4O4. The number of aryl methyl sites for hydroxylation is 1. The number of alkyl carbamates (subject to hydrolysis) is 1. The Balaban J connectivity index is 1.56. The standard InChI is InChI=1S/C18H28N4O4/c1-12-14(20-22-8-5-11-25-16(12)22)15(23)21-9-6-13(7-10-21)19-17(24)26-18(2,3)4/h13H,5-11H2,1-4H3,(H,19,24). The molecule has 2 amide bonds. The first-order valence-electron chi connectivity index (χ1n) is 9.23. The SMILES string of the molecule is Cc1c(C(=O)N2CCC(NC(=O)OC(C)(C)C)CC2)nn2c1OCCC2. The molecule has 0 atom stereocenters. The van der Waals surface area contributed by atoms with Crippen molar-refractivity contribution in [3.63, 3.8) is 0 Å². The van der Waals surface area contributed by atoms with Crippen molar-refractivity contribution in [1.29, 1.82) is 0 Å². The minimum atomic E-state index is -0.513. The van der Waals surface area contributed by atoms with Crippen LogP contribution in [0.2, 0.25) is 0 Å². The first-order valence-corrected chi connectivity index (χ1v) is 9.23. The number of carbonyl (C=O) groups excluding carboxylic acids is 2. The molecule has 0 bridgehead atoms. The van der Waals surface area contributed by atoms with Crippen molar-refractivity contribution in [2.75, 3.05) is 19.7 Å². The number of piperidine rings is 1. The van der Waals surface area contributed by atoms with E-state index < -0.39 is 11.7 Å². The predicted octanol–water partition coefficient (Wildman–Crippen LogP) is 2.10. The van der Waals surface area contributed by atoms with E-state index in [1.54, 1.807) is 9.58 Å². The van der Waals surface area contributed by atoms with Crippen molar-refractivity contribution >= 4 is 12.0 Å². The second-order valence-electron chi connectivity index (χ2n) is 7.92. The lowest BCUT2D eigenvalue weighted by atomic mass is 10.0. The van der Waals surface area contributed by atoms with Gasteiger partial charge in [0.15, 0.2) is 5.69 Å². The highest BCUT2D eigenvalue weighted by Crippen LogP contribution is 2.26. The number of nitrogens with one attached hydrogen (secondary N) is 1. The molecule has 1 aromatic heterocycles. The van der Waals surface area contributed by atoms with E-state index in [0.29, 0.717) is 44.1 Å². The van der Waals surface area contributed by atoms with Crippen LogP contribution in [-0.4, -0.2) is 58.0 Å². The Kier molecular flexibility index (Phi) is 5.11. The molecule has 8 heteroatoms. The summed E-state index contributed by atoms with van der Waals surface area (Å²) in [5.74, 6) is 0.643. The van der Waals surface area contributed by atoms with Crippen LogP contribution in [0.25, 0.3) is 0 Å². The van der Waals surface area contributed by atoms with E-state index in [2.05, 4.69) is 10.4 Å². The van der Waals surface area contributed by atoms with Crippen LogP contribution in [0.15, 0.2) is 0 Å². The van der Waals surface area contributed by atoms with Gasteiger partial charge in [-0.25, -0.2) is 9.48 Å². The van der Waals surface area contributed by atoms with Crippen LogP contribution < -0.4 is 10.1 Å². The molecule has 0 radical (unpaired) electrons. The summed E-state index contributed by atoms with van der Waals surface area (Å²) in [5.41, 5.74) is 0.768. The number of rotatable bonds is 2. The number of nitrogens with zero attached hydrogens (tertiary/aromatic N) is 3. The van der Waals surface area contributed by atoms with E-state index in [1.165, 1.54) is 0 Å². The maximum absolute atomic E-state index is 12.8. The zero-order valence-corrected chi connectivity index (χ0v) is 16.0. The molecule has 0 aliphatic carbocycles. The maximum atomic E-state index is 12.8. The van der Waals surface area contributed by atoms with E-state index in [0.717, 1.165) is 18.5 Å². The molecule has 2 aliphatic heterocycles. The quantitative estimate of drug-likeness (QED) is 0.869. The van der Waals surface area contributed by atoms with Crippen molar-refractivity contribution in [1.82, 2.24) is 20.0 Å². The van der Waals surface area contributed by atoms with Gasteiger partial charge in [-0.1, -0.05) is 0 Å². The third kappa shape index (κ3) is 4.11. The number of ether oxygens (including phenoxy) is 2. The second-order valence-corrected chi connectivity index (χ2v) is 7.92. The Morgan fingerprint density at radius 3 is 2.54 bits per heavy atom. The molecule has 1 saturated heterocycles. The summed E-state index contributed by atoms with van der Waals surface area (Å²) in [7, 11) is 0. The van der Waals surface area contributed by atoms with Gasteiger partial charge in [0, 0.05) is 37.7 Å². The third-order valence-electron chi connectivity index (χ3n) is 4.59. The van der Waals surface area contributed by atoms with Gasteiger partial charge in [-0.15, -0.1) is 0 Å². The lowest BCUT2D eigenvalue weighted by molar-refractivity contribution is 0.0473. The van der Waals surface area contributed by atoms with Gasteiger partial charge in [0.25, 0.3) is 5.91 Å². The fourth-order valence-corrected chi connectivity index (χ4v) is 3.31. The molecule has 0 saturated carbocycles. The van der Waals surface area contributed by atoms with Gasteiger partial charge in [-0.2, -0.15) is 5.10 Å². The summed E-state index contributed by atoms with van der Waals surface area (Å²) in [4.78, 5) is 26.5. The minimum Gasteiger partial charge on any atom is -0.478 e. The molecule has 1 fully saturated rings. The molecule has 0 aromatic carbocycles. The molecule has 26 heavy (non-hydrogen) atoms. The van der Waals surface area contributed by atoms with Crippen molar-refractivity contribution < 1.29 is 19.1 Å². The minimum absolute atomic E-state index is 0.0218. The largest absolute Gasteiger partial charge is 0.478 e. The van der Waals surface area contributed by atoms with Gasteiger partial charge in [0.1, 0.15) is 5.60 Å². The van der Waals surface area contributed by atoms with Crippen molar-refractivity contribution in [3.8, 4) is 5.88 Å². The van der Waals surface area contributed by atoms with Crippen LogP contribution in [0, 0.1) is 6.92 Å². The van der Waals surface area contributed by atoms with E-state index >= 15 is 0 Å². The summed E-state index contributed by atoms with van der Waals surface area (Å²) in [5, 5.41) is 7.33. The lowest BCUT2D eigenvalue weighted by Gasteiger charge is -2.32. The van der Waals surface area contributed by atoms with Gasteiger partial charge in [0.05, 0.1) is 6.61 Å². The van der Waals surface area contributed by atoms with Crippen molar-refractivity contribution in [3.05, 3.63) is 11.3 Å².